The van der Waals surface area contributed by atoms with Crippen LogP contribution in [0.4, 0.5) is 0 Å². The topological polar surface area (TPSA) is 46.6 Å². The van der Waals surface area contributed by atoms with E-state index in [0.29, 0.717) is 24.3 Å². The van der Waals surface area contributed by atoms with E-state index in [1.54, 1.807) is 24.3 Å². The number of β-lactam (4-membered cyclic amide) rings is 1. The van der Waals surface area contributed by atoms with Crippen molar-refractivity contribution in [1.82, 2.24) is 5.06 Å². The maximum absolute atomic E-state index is 11.0. The molecule has 0 aliphatic carbocycles. The zero-order valence-corrected chi connectivity index (χ0v) is 8.40. The summed E-state index contributed by atoms with van der Waals surface area (Å²) in [6.07, 6.45) is 0.547. The second-order valence-electron chi connectivity index (χ2n) is 3.42. The van der Waals surface area contributed by atoms with Gasteiger partial charge in [0.2, 0.25) is 0 Å². The molecule has 4 heteroatoms. The van der Waals surface area contributed by atoms with Crippen LogP contribution >= 0.6 is 0 Å². The minimum absolute atomic E-state index is 0.00866. The van der Waals surface area contributed by atoms with Gasteiger partial charge in [0.1, 0.15) is 0 Å². The molecule has 15 heavy (non-hydrogen) atoms. The summed E-state index contributed by atoms with van der Waals surface area (Å²) < 4.78 is 0. The van der Waals surface area contributed by atoms with Crippen molar-refractivity contribution in [3.8, 4) is 5.75 Å². The van der Waals surface area contributed by atoms with Crippen LogP contribution in [-0.2, 0) is 4.79 Å². The van der Waals surface area contributed by atoms with Gasteiger partial charge in [-0.05, 0) is 31.2 Å². The molecule has 0 N–H and O–H groups in total. The minimum Gasteiger partial charge on any atom is -0.377 e. The SMILES string of the molecule is CC(=O)c1ccc(ON2CCC2=O)cc1. The lowest BCUT2D eigenvalue weighted by Crippen LogP contribution is -2.45. The van der Waals surface area contributed by atoms with Gasteiger partial charge in [0, 0.05) is 5.56 Å². The summed E-state index contributed by atoms with van der Waals surface area (Å²) in [4.78, 5) is 27.2. The van der Waals surface area contributed by atoms with E-state index in [4.69, 9.17) is 4.84 Å². The number of carbonyl (C=O) groups excluding carboxylic acids is 2. The number of benzene rings is 1. The summed E-state index contributed by atoms with van der Waals surface area (Å²) in [7, 11) is 0. The highest BCUT2D eigenvalue weighted by molar-refractivity contribution is 5.94. The van der Waals surface area contributed by atoms with Crippen molar-refractivity contribution in [2.24, 2.45) is 0 Å². The second kappa shape index (κ2) is 3.73. The number of carbonyl (C=O) groups is 2. The average Bonchev–Trinajstić information content (AvgIpc) is 2.24. The van der Waals surface area contributed by atoms with Gasteiger partial charge in [-0.25, -0.2) is 0 Å². The number of amides is 1. The lowest BCUT2D eigenvalue weighted by atomic mass is 10.1. The van der Waals surface area contributed by atoms with E-state index in [0.717, 1.165) is 0 Å². The zero-order chi connectivity index (χ0) is 10.8. The first-order chi connectivity index (χ1) is 7.16. The Morgan fingerprint density at radius 3 is 2.40 bits per heavy atom. The van der Waals surface area contributed by atoms with Crippen LogP contribution in [0.5, 0.6) is 5.75 Å². The maximum atomic E-state index is 11.0. The molecule has 1 aromatic rings. The molecule has 2 rings (SSSR count). The Bertz CT molecular complexity index is 397. The molecule has 4 nitrogen and oxygen atoms in total. The standard InChI is InChI=1S/C11H11NO3/c1-8(13)9-2-4-10(5-3-9)15-12-7-6-11(12)14/h2-5H,6-7H2,1H3. The summed E-state index contributed by atoms with van der Waals surface area (Å²) in [6, 6.07) is 6.73. The predicted octanol–water partition coefficient (Wildman–Crippen LogP) is 1.42. The first kappa shape index (κ1) is 9.71. The van der Waals surface area contributed by atoms with Gasteiger partial charge in [0.15, 0.2) is 11.5 Å². The van der Waals surface area contributed by atoms with Crippen LogP contribution in [0.15, 0.2) is 24.3 Å². The van der Waals surface area contributed by atoms with Crippen molar-refractivity contribution >= 4 is 11.7 Å². The highest BCUT2D eigenvalue weighted by Crippen LogP contribution is 2.17. The van der Waals surface area contributed by atoms with Crippen LogP contribution in [-0.4, -0.2) is 23.3 Å². The quantitative estimate of drug-likeness (QED) is 0.553. The van der Waals surface area contributed by atoms with Crippen LogP contribution in [0.1, 0.15) is 23.7 Å². The monoisotopic (exact) mass is 205 g/mol. The van der Waals surface area contributed by atoms with Gasteiger partial charge in [-0.2, -0.15) is 5.06 Å². The van der Waals surface area contributed by atoms with Gasteiger partial charge in [0.25, 0.3) is 5.91 Å². The van der Waals surface area contributed by atoms with Crippen LogP contribution < -0.4 is 4.84 Å². The molecule has 78 valence electrons. The number of hydrogen-bond acceptors (Lipinski definition) is 3. The third-order valence-corrected chi connectivity index (χ3v) is 2.28. The molecular formula is C11H11NO3. The van der Waals surface area contributed by atoms with Gasteiger partial charge >= 0.3 is 0 Å². The van der Waals surface area contributed by atoms with Gasteiger partial charge in [-0.3, -0.25) is 9.59 Å². The molecule has 1 heterocycles. The number of Topliss-reactive ketones (excluding diaryl/α,β-unsaturated/α-hetero) is 1. The number of hydrogen-bond donors (Lipinski definition) is 0. The van der Waals surface area contributed by atoms with E-state index in [2.05, 4.69) is 0 Å². The molecule has 1 aliphatic rings. The molecule has 0 unspecified atom stereocenters. The molecule has 0 bridgehead atoms. The molecular weight excluding hydrogens is 194 g/mol. The zero-order valence-electron chi connectivity index (χ0n) is 8.40. The molecule has 1 aromatic carbocycles. The molecule has 0 radical (unpaired) electrons. The van der Waals surface area contributed by atoms with E-state index >= 15 is 0 Å². The Morgan fingerprint density at radius 1 is 1.33 bits per heavy atom. The highest BCUT2D eigenvalue weighted by atomic mass is 16.7. The molecule has 1 aliphatic heterocycles. The van der Waals surface area contributed by atoms with Crippen molar-refractivity contribution in [3.63, 3.8) is 0 Å². The number of rotatable bonds is 3. The predicted molar refractivity (Wildman–Crippen MR) is 53.4 cm³/mol. The molecule has 1 saturated heterocycles. The smallest absolute Gasteiger partial charge is 0.257 e. The minimum atomic E-state index is -0.00866. The molecule has 0 saturated carbocycles. The number of hydroxylamine groups is 2. The van der Waals surface area contributed by atoms with E-state index in [-0.39, 0.29) is 11.7 Å². The van der Waals surface area contributed by atoms with E-state index < -0.39 is 0 Å². The second-order valence-corrected chi connectivity index (χ2v) is 3.42. The van der Waals surface area contributed by atoms with Crippen molar-refractivity contribution in [3.05, 3.63) is 29.8 Å². The normalized spacial score (nSPS) is 14.7. The van der Waals surface area contributed by atoms with Crippen molar-refractivity contribution in [1.29, 1.82) is 0 Å². The van der Waals surface area contributed by atoms with Gasteiger partial charge in [-0.1, -0.05) is 0 Å². The Labute approximate surface area is 87.4 Å². The first-order valence-corrected chi connectivity index (χ1v) is 4.76. The fraction of sp³-hybridized carbons (Fsp3) is 0.273. The van der Waals surface area contributed by atoms with Gasteiger partial charge < -0.3 is 4.84 Å². The van der Waals surface area contributed by atoms with Crippen LogP contribution in [0.2, 0.25) is 0 Å². The summed E-state index contributed by atoms with van der Waals surface area (Å²) in [5, 5.41) is 1.31. The average molecular weight is 205 g/mol. The molecule has 1 amide bonds. The Kier molecular flexibility index (Phi) is 2.41. The van der Waals surface area contributed by atoms with Gasteiger partial charge in [0.05, 0.1) is 13.0 Å². The van der Waals surface area contributed by atoms with Gasteiger partial charge in [-0.15, -0.1) is 0 Å². The highest BCUT2D eigenvalue weighted by Gasteiger charge is 2.25. The maximum Gasteiger partial charge on any atom is 0.257 e. The Morgan fingerprint density at radius 2 is 2.00 bits per heavy atom. The fourth-order valence-corrected chi connectivity index (χ4v) is 1.27. The molecule has 0 atom stereocenters. The van der Waals surface area contributed by atoms with Crippen molar-refractivity contribution in [2.75, 3.05) is 6.54 Å². The first-order valence-electron chi connectivity index (χ1n) is 4.76. The van der Waals surface area contributed by atoms with Crippen LogP contribution in [0, 0.1) is 0 Å². The molecule has 1 fully saturated rings. The van der Waals surface area contributed by atoms with E-state index in [1.165, 1.54) is 12.0 Å². The third kappa shape index (κ3) is 1.98. The summed E-state index contributed by atoms with van der Waals surface area (Å²) in [6.45, 7) is 2.14. The fourth-order valence-electron chi connectivity index (χ4n) is 1.27. The van der Waals surface area contributed by atoms with Crippen LogP contribution in [0.3, 0.4) is 0 Å². The molecule has 0 spiro atoms. The Hall–Kier alpha value is -1.84. The lowest BCUT2D eigenvalue weighted by molar-refractivity contribution is -0.174. The van der Waals surface area contributed by atoms with Crippen molar-refractivity contribution in [2.45, 2.75) is 13.3 Å². The Balaban J connectivity index is 2.04. The third-order valence-electron chi connectivity index (χ3n) is 2.28. The van der Waals surface area contributed by atoms with E-state index in [1.807, 2.05) is 0 Å². The summed E-state index contributed by atoms with van der Waals surface area (Å²) in [5.41, 5.74) is 0.636. The number of nitrogens with zero attached hydrogens (tertiary/aromatic N) is 1. The molecule has 0 aromatic heterocycles. The van der Waals surface area contributed by atoms with Crippen LogP contribution in [0.25, 0.3) is 0 Å². The largest absolute Gasteiger partial charge is 0.377 e. The summed E-state index contributed by atoms with van der Waals surface area (Å²) in [5.74, 6) is 0.584. The number of ketones is 1. The lowest BCUT2D eigenvalue weighted by Gasteiger charge is -2.29. The summed E-state index contributed by atoms with van der Waals surface area (Å²) >= 11 is 0. The van der Waals surface area contributed by atoms with E-state index in [9.17, 15) is 9.59 Å². The van der Waals surface area contributed by atoms with Crippen molar-refractivity contribution < 1.29 is 14.4 Å².